The molecule has 2 aromatic heterocycles. The summed E-state index contributed by atoms with van der Waals surface area (Å²) in [5.74, 6) is 0.849. The third-order valence-electron chi connectivity index (χ3n) is 2.87. The minimum atomic E-state index is -0.0896. The summed E-state index contributed by atoms with van der Waals surface area (Å²) in [6, 6.07) is 1.69. The van der Waals surface area contributed by atoms with Crippen molar-refractivity contribution in [2.75, 3.05) is 6.54 Å². The zero-order valence-corrected chi connectivity index (χ0v) is 11.6. The fraction of sp³-hybridized carbons (Fsp3) is 0.385. The highest BCUT2D eigenvalue weighted by Gasteiger charge is 2.11. The van der Waals surface area contributed by atoms with E-state index in [1.165, 1.54) is 0 Å². The highest BCUT2D eigenvalue weighted by atomic mass is 35.5. The molecule has 6 heteroatoms. The van der Waals surface area contributed by atoms with E-state index in [9.17, 15) is 4.79 Å². The molecule has 19 heavy (non-hydrogen) atoms. The van der Waals surface area contributed by atoms with Crippen LogP contribution in [0.4, 0.5) is 0 Å². The third kappa shape index (κ3) is 3.61. The molecule has 0 atom stereocenters. The van der Waals surface area contributed by atoms with Gasteiger partial charge in [0.05, 0.1) is 5.02 Å². The van der Waals surface area contributed by atoms with Crippen molar-refractivity contribution in [2.45, 2.75) is 26.3 Å². The fourth-order valence-corrected chi connectivity index (χ4v) is 2.13. The smallest absolute Gasteiger partial charge is 0.267 e. The first-order chi connectivity index (χ1) is 9.20. The highest BCUT2D eigenvalue weighted by molar-refractivity contribution is 6.31. The number of amides is 1. The highest BCUT2D eigenvalue weighted by Crippen LogP contribution is 2.13. The lowest BCUT2D eigenvalue weighted by Crippen LogP contribution is -2.27. The van der Waals surface area contributed by atoms with Crippen molar-refractivity contribution in [3.8, 4) is 0 Å². The number of carbonyl (C=O) groups excluding carboxylic acids is 1. The van der Waals surface area contributed by atoms with Gasteiger partial charge in [0.1, 0.15) is 11.5 Å². The maximum Gasteiger partial charge on any atom is 0.267 e. The summed E-state index contributed by atoms with van der Waals surface area (Å²) in [6.45, 7) is 3.32. The van der Waals surface area contributed by atoms with E-state index in [2.05, 4.69) is 15.3 Å². The number of halogens is 1. The topological polar surface area (TPSA) is 62.7 Å². The largest absolute Gasteiger partial charge is 0.351 e. The van der Waals surface area contributed by atoms with Crippen molar-refractivity contribution in [1.29, 1.82) is 0 Å². The van der Waals surface area contributed by atoms with Crippen LogP contribution in [0.2, 0.25) is 5.02 Å². The SMILES string of the molecule is CCn1cc(Cl)cc1C(=O)NCCCc1ncc[nH]1. The lowest BCUT2D eigenvalue weighted by atomic mass is 10.3. The Morgan fingerprint density at radius 1 is 1.58 bits per heavy atom. The first kappa shape index (κ1) is 13.7. The monoisotopic (exact) mass is 280 g/mol. The third-order valence-corrected chi connectivity index (χ3v) is 3.07. The van der Waals surface area contributed by atoms with E-state index in [0.717, 1.165) is 25.2 Å². The number of carbonyl (C=O) groups is 1. The summed E-state index contributed by atoms with van der Waals surface area (Å²) in [5.41, 5.74) is 0.602. The van der Waals surface area contributed by atoms with Crippen molar-refractivity contribution in [3.05, 3.63) is 41.2 Å². The van der Waals surface area contributed by atoms with Crippen LogP contribution in [0.25, 0.3) is 0 Å². The Morgan fingerprint density at radius 3 is 3.11 bits per heavy atom. The molecule has 2 aromatic rings. The summed E-state index contributed by atoms with van der Waals surface area (Å²) >= 11 is 5.90. The molecule has 5 nitrogen and oxygen atoms in total. The minimum Gasteiger partial charge on any atom is -0.351 e. The zero-order chi connectivity index (χ0) is 13.7. The maximum absolute atomic E-state index is 12.0. The summed E-state index contributed by atoms with van der Waals surface area (Å²) in [5, 5.41) is 3.48. The number of imidazole rings is 1. The van der Waals surface area contributed by atoms with E-state index in [-0.39, 0.29) is 5.91 Å². The van der Waals surface area contributed by atoms with Crippen molar-refractivity contribution in [2.24, 2.45) is 0 Å². The lowest BCUT2D eigenvalue weighted by Gasteiger charge is -2.07. The molecule has 102 valence electrons. The second kappa shape index (κ2) is 6.43. The van der Waals surface area contributed by atoms with Crippen molar-refractivity contribution < 1.29 is 4.79 Å². The Morgan fingerprint density at radius 2 is 2.42 bits per heavy atom. The van der Waals surface area contributed by atoms with E-state index in [1.807, 2.05) is 11.5 Å². The zero-order valence-electron chi connectivity index (χ0n) is 10.8. The lowest BCUT2D eigenvalue weighted by molar-refractivity contribution is 0.0944. The molecule has 0 aliphatic heterocycles. The van der Waals surface area contributed by atoms with Gasteiger partial charge in [-0.05, 0) is 19.4 Å². The van der Waals surface area contributed by atoms with Gasteiger partial charge < -0.3 is 14.9 Å². The maximum atomic E-state index is 12.0. The molecule has 0 aliphatic rings. The van der Waals surface area contributed by atoms with Gasteiger partial charge in [-0.25, -0.2) is 4.98 Å². The fourth-order valence-electron chi connectivity index (χ4n) is 1.91. The van der Waals surface area contributed by atoms with Crippen LogP contribution in [0, 0.1) is 0 Å². The van der Waals surface area contributed by atoms with Gasteiger partial charge in [-0.3, -0.25) is 4.79 Å². The van der Waals surface area contributed by atoms with Crippen molar-refractivity contribution >= 4 is 17.5 Å². The van der Waals surface area contributed by atoms with Crippen molar-refractivity contribution in [1.82, 2.24) is 19.9 Å². The van der Waals surface area contributed by atoms with E-state index in [1.54, 1.807) is 24.7 Å². The molecule has 0 fully saturated rings. The van der Waals surface area contributed by atoms with E-state index in [0.29, 0.717) is 17.3 Å². The molecule has 0 saturated heterocycles. The van der Waals surface area contributed by atoms with Crippen LogP contribution < -0.4 is 5.32 Å². The number of H-pyrrole nitrogens is 1. The molecule has 0 spiro atoms. The quantitative estimate of drug-likeness (QED) is 0.797. The first-order valence-electron chi connectivity index (χ1n) is 6.33. The summed E-state index contributed by atoms with van der Waals surface area (Å²) in [6.07, 6.45) is 6.95. The molecular formula is C13H17ClN4O. The normalized spacial score (nSPS) is 10.6. The first-order valence-corrected chi connectivity index (χ1v) is 6.70. The van der Waals surface area contributed by atoms with Gasteiger partial charge in [0.2, 0.25) is 0 Å². The van der Waals surface area contributed by atoms with Crippen LogP contribution in [0.5, 0.6) is 0 Å². The summed E-state index contributed by atoms with van der Waals surface area (Å²) < 4.78 is 1.84. The standard InChI is InChI=1S/C13H17ClN4O/c1-2-18-9-10(14)8-11(18)13(19)17-5-3-4-12-15-6-7-16-12/h6-9H,2-5H2,1H3,(H,15,16)(H,17,19). The molecule has 2 rings (SSSR count). The molecule has 2 N–H and O–H groups in total. The number of nitrogens with one attached hydrogen (secondary N) is 2. The second-order valence-electron chi connectivity index (χ2n) is 4.22. The molecule has 1 amide bonds. The number of aromatic nitrogens is 3. The molecule has 0 aromatic carbocycles. The Bertz CT molecular complexity index is 533. The number of hydrogen-bond donors (Lipinski definition) is 2. The Kier molecular flexibility index (Phi) is 4.63. The number of aryl methyl sites for hydroxylation is 2. The summed E-state index contributed by atoms with van der Waals surface area (Å²) in [4.78, 5) is 19.2. The minimum absolute atomic E-state index is 0.0896. The Hall–Kier alpha value is -1.75. The summed E-state index contributed by atoms with van der Waals surface area (Å²) in [7, 11) is 0. The van der Waals surface area contributed by atoms with Crippen molar-refractivity contribution in [3.63, 3.8) is 0 Å². The number of nitrogens with zero attached hydrogens (tertiary/aromatic N) is 2. The molecular weight excluding hydrogens is 264 g/mol. The number of rotatable bonds is 6. The van der Waals surface area contributed by atoms with E-state index < -0.39 is 0 Å². The molecule has 0 bridgehead atoms. The average molecular weight is 281 g/mol. The molecule has 0 aliphatic carbocycles. The van der Waals surface area contributed by atoms with Crippen LogP contribution in [0.15, 0.2) is 24.7 Å². The van der Waals surface area contributed by atoms with Gasteiger partial charge in [0, 0.05) is 38.1 Å². The Labute approximate surface area is 117 Å². The van der Waals surface area contributed by atoms with Gasteiger partial charge in [0.25, 0.3) is 5.91 Å². The molecule has 0 radical (unpaired) electrons. The van der Waals surface area contributed by atoms with E-state index in [4.69, 9.17) is 11.6 Å². The van der Waals surface area contributed by atoms with Crippen LogP contribution in [0.1, 0.15) is 29.7 Å². The van der Waals surface area contributed by atoms with Crippen LogP contribution in [0.3, 0.4) is 0 Å². The molecule has 0 saturated carbocycles. The number of hydrogen-bond acceptors (Lipinski definition) is 2. The molecule has 0 unspecified atom stereocenters. The van der Waals surface area contributed by atoms with Crippen LogP contribution in [-0.4, -0.2) is 27.0 Å². The van der Waals surface area contributed by atoms with Gasteiger partial charge in [-0.1, -0.05) is 11.6 Å². The Balaban J connectivity index is 1.80. The average Bonchev–Trinajstić information content (AvgIpc) is 3.03. The second-order valence-corrected chi connectivity index (χ2v) is 4.66. The number of aromatic amines is 1. The molecule has 2 heterocycles. The van der Waals surface area contributed by atoms with Gasteiger partial charge in [-0.2, -0.15) is 0 Å². The van der Waals surface area contributed by atoms with Gasteiger partial charge in [0.15, 0.2) is 0 Å². The van der Waals surface area contributed by atoms with Gasteiger partial charge >= 0.3 is 0 Å². The van der Waals surface area contributed by atoms with Crippen LogP contribution >= 0.6 is 11.6 Å². The predicted octanol–water partition coefficient (Wildman–Crippen LogP) is 2.25. The van der Waals surface area contributed by atoms with Gasteiger partial charge in [-0.15, -0.1) is 0 Å². The predicted molar refractivity (Wildman–Crippen MR) is 74.4 cm³/mol. The van der Waals surface area contributed by atoms with E-state index >= 15 is 0 Å². The van der Waals surface area contributed by atoms with Crippen LogP contribution in [-0.2, 0) is 13.0 Å².